The first-order valence-electron chi connectivity index (χ1n) is 12.3. The second kappa shape index (κ2) is 9.58. The molecule has 4 atom stereocenters. The van der Waals surface area contributed by atoms with Gasteiger partial charge < -0.3 is 20.3 Å². The molecule has 39 heavy (non-hydrogen) atoms. The number of aromatic nitrogens is 1. The summed E-state index contributed by atoms with van der Waals surface area (Å²) in [6, 6.07) is 18.2. The minimum atomic E-state index is -3.97. The van der Waals surface area contributed by atoms with Crippen molar-refractivity contribution in [2.45, 2.75) is 29.2 Å². The lowest BCUT2D eigenvalue weighted by atomic mass is 10.0. The number of fused-ring (bicyclic) bond motifs is 3. The fraction of sp³-hybridized carbons (Fsp3) is 0.214. The van der Waals surface area contributed by atoms with Gasteiger partial charge in [0.15, 0.2) is 12.4 Å². The number of halogens is 1. The third-order valence-corrected chi connectivity index (χ3v) is 9.61. The summed E-state index contributed by atoms with van der Waals surface area (Å²) in [4.78, 5) is 15.0. The zero-order chi connectivity index (χ0) is 27.5. The van der Waals surface area contributed by atoms with Crippen molar-refractivity contribution < 1.29 is 28.2 Å². The summed E-state index contributed by atoms with van der Waals surface area (Å²) in [5, 5.41) is 34.9. The van der Waals surface area contributed by atoms with Crippen molar-refractivity contribution >= 4 is 38.3 Å². The average Bonchev–Trinajstić information content (AvgIpc) is 3.09. The molecule has 0 radical (unpaired) electrons. The van der Waals surface area contributed by atoms with E-state index in [1.54, 1.807) is 66.7 Å². The number of rotatable bonds is 4. The number of hydrogen-bond acceptors (Lipinski definition) is 6. The van der Waals surface area contributed by atoms with E-state index in [4.69, 9.17) is 11.6 Å². The van der Waals surface area contributed by atoms with Gasteiger partial charge in [0, 0.05) is 35.8 Å². The fourth-order valence-corrected chi connectivity index (χ4v) is 7.17. The molecule has 2 N–H and O–H groups in total. The number of nitrogens with zero attached hydrogens (tertiary/aromatic N) is 3. The van der Waals surface area contributed by atoms with Gasteiger partial charge in [-0.2, -0.15) is 9.04 Å². The van der Waals surface area contributed by atoms with Crippen LogP contribution >= 0.6 is 11.6 Å². The summed E-state index contributed by atoms with van der Waals surface area (Å²) in [5.41, 5.74) is 1.96. The van der Waals surface area contributed by atoms with E-state index < -0.39 is 40.2 Å². The average molecular weight is 566 g/mol. The molecule has 0 aliphatic carbocycles. The van der Waals surface area contributed by atoms with Crippen molar-refractivity contribution in [1.29, 1.82) is 0 Å². The van der Waals surface area contributed by atoms with Crippen LogP contribution in [0.25, 0.3) is 21.9 Å². The van der Waals surface area contributed by atoms with Gasteiger partial charge in [-0.05, 0) is 58.3 Å². The standard InChI is InChI=1S/C28H24ClN3O6S/c29-22-7-5-21-14-23(8-6-20(21)13-22)39(37,38)31-15-24-26(33)27(34)25(16-31)32(24)28(35)19-3-1-17(2-4-19)18-9-11-30(36)12-10-18/h1-14,24-27,33-34H,15-16H2. The first-order valence-corrected chi connectivity index (χ1v) is 14.1. The van der Waals surface area contributed by atoms with E-state index in [9.17, 15) is 28.6 Å². The first kappa shape index (κ1) is 25.7. The summed E-state index contributed by atoms with van der Waals surface area (Å²) in [6.07, 6.45) is 0.187. The van der Waals surface area contributed by atoms with E-state index in [2.05, 4.69) is 0 Å². The van der Waals surface area contributed by atoms with Crippen LogP contribution in [0.5, 0.6) is 0 Å². The molecule has 11 heteroatoms. The molecule has 3 aromatic carbocycles. The molecule has 6 rings (SSSR count). The monoisotopic (exact) mass is 565 g/mol. The Bertz CT molecular complexity index is 1660. The molecule has 2 aliphatic heterocycles. The van der Waals surface area contributed by atoms with E-state index >= 15 is 0 Å². The molecule has 0 saturated carbocycles. The minimum Gasteiger partial charge on any atom is -0.619 e. The molecule has 1 aromatic heterocycles. The highest BCUT2D eigenvalue weighted by atomic mass is 35.5. The summed E-state index contributed by atoms with van der Waals surface area (Å²) in [7, 11) is -3.97. The van der Waals surface area contributed by atoms with Crippen LogP contribution in [-0.4, -0.2) is 71.1 Å². The van der Waals surface area contributed by atoms with Crippen LogP contribution in [0.2, 0.25) is 5.02 Å². The highest BCUT2D eigenvalue weighted by Crippen LogP contribution is 2.35. The van der Waals surface area contributed by atoms with E-state index in [1.165, 1.54) is 27.7 Å². The molecular weight excluding hydrogens is 542 g/mol. The zero-order valence-corrected chi connectivity index (χ0v) is 22.0. The molecule has 0 spiro atoms. The highest BCUT2D eigenvalue weighted by molar-refractivity contribution is 7.89. The Morgan fingerprint density at radius 1 is 0.846 bits per heavy atom. The Morgan fingerprint density at radius 3 is 2.05 bits per heavy atom. The van der Waals surface area contributed by atoms with Crippen molar-refractivity contribution in [3.05, 3.63) is 101 Å². The molecule has 9 nitrogen and oxygen atoms in total. The largest absolute Gasteiger partial charge is 0.619 e. The number of aliphatic hydroxyl groups is 2. The summed E-state index contributed by atoms with van der Waals surface area (Å²) < 4.78 is 29.1. The van der Waals surface area contributed by atoms with Crippen molar-refractivity contribution in [3.63, 3.8) is 0 Å². The van der Waals surface area contributed by atoms with Gasteiger partial charge in [-0.15, -0.1) is 0 Å². The van der Waals surface area contributed by atoms with Gasteiger partial charge in [0.2, 0.25) is 10.0 Å². The minimum absolute atomic E-state index is 0.0829. The van der Waals surface area contributed by atoms with Crippen LogP contribution in [0.3, 0.4) is 0 Å². The Hall–Kier alpha value is -3.54. The van der Waals surface area contributed by atoms with E-state index in [1.807, 2.05) is 0 Å². The SMILES string of the molecule is O=C(c1ccc(-c2cc[n+]([O-])cc2)cc1)N1C2CN(S(=O)(=O)c3ccc4cc(Cl)ccc4c3)CC1C(O)C2O. The molecule has 2 bridgehead atoms. The van der Waals surface area contributed by atoms with Gasteiger partial charge >= 0.3 is 0 Å². The molecule has 3 heterocycles. The molecule has 200 valence electrons. The number of benzene rings is 3. The van der Waals surface area contributed by atoms with Crippen LogP contribution in [-0.2, 0) is 10.0 Å². The van der Waals surface area contributed by atoms with Crippen LogP contribution in [0, 0.1) is 5.21 Å². The lowest BCUT2D eigenvalue weighted by molar-refractivity contribution is -0.605. The van der Waals surface area contributed by atoms with Crippen LogP contribution in [0.1, 0.15) is 10.4 Å². The molecule has 4 unspecified atom stereocenters. The number of sulfonamides is 1. The fourth-order valence-electron chi connectivity index (χ4n) is 5.48. The van der Waals surface area contributed by atoms with E-state index in [0.29, 0.717) is 20.7 Å². The number of carbonyl (C=O) groups is 1. The Kier molecular flexibility index (Phi) is 6.32. The van der Waals surface area contributed by atoms with Crippen molar-refractivity contribution in [2.75, 3.05) is 13.1 Å². The highest BCUT2D eigenvalue weighted by Gasteiger charge is 2.55. The molecule has 4 aromatic rings. The Labute approximate surface area is 229 Å². The number of aliphatic hydroxyl groups excluding tert-OH is 2. The predicted molar refractivity (Wildman–Crippen MR) is 144 cm³/mol. The van der Waals surface area contributed by atoms with E-state index in [-0.39, 0.29) is 18.0 Å². The summed E-state index contributed by atoms with van der Waals surface area (Å²) in [5.74, 6) is -0.405. The van der Waals surface area contributed by atoms with Crippen LogP contribution in [0.15, 0.2) is 90.1 Å². The predicted octanol–water partition coefficient (Wildman–Crippen LogP) is 2.41. The van der Waals surface area contributed by atoms with Gasteiger partial charge in [-0.25, -0.2) is 8.42 Å². The molecule has 1 amide bonds. The van der Waals surface area contributed by atoms with Gasteiger partial charge in [-0.3, -0.25) is 4.79 Å². The first-order chi connectivity index (χ1) is 18.6. The number of hydrogen-bond donors (Lipinski definition) is 2. The Balaban J connectivity index is 1.26. The van der Waals surface area contributed by atoms with Gasteiger partial charge in [-0.1, -0.05) is 35.9 Å². The lowest BCUT2D eigenvalue weighted by Crippen LogP contribution is -2.58. The lowest BCUT2D eigenvalue weighted by Gasteiger charge is -2.40. The third-order valence-electron chi connectivity index (χ3n) is 7.55. The Morgan fingerprint density at radius 2 is 1.41 bits per heavy atom. The summed E-state index contributed by atoms with van der Waals surface area (Å²) >= 11 is 6.04. The number of carbonyl (C=O) groups excluding carboxylic acids is 1. The molecule has 2 fully saturated rings. The van der Waals surface area contributed by atoms with Crippen LogP contribution in [0.4, 0.5) is 0 Å². The van der Waals surface area contributed by atoms with E-state index in [0.717, 1.165) is 16.5 Å². The maximum absolute atomic E-state index is 13.6. The van der Waals surface area contributed by atoms with Crippen LogP contribution < -0.4 is 4.73 Å². The quantitative estimate of drug-likeness (QED) is 0.289. The topological polar surface area (TPSA) is 125 Å². The molecule has 2 aliphatic rings. The molecule has 2 saturated heterocycles. The summed E-state index contributed by atoms with van der Waals surface area (Å²) in [6.45, 7) is -0.308. The second-order valence-electron chi connectivity index (χ2n) is 9.83. The van der Waals surface area contributed by atoms with Crippen molar-refractivity contribution in [2.24, 2.45) is 0 Å². The second-order valence-corrected chi connectivity index (χ2v) is 12.2. The number of amides is 1. The third kappa shape index (κ3) is 4.44. The number of piperazine rings is 1. The normalized spacial score (nSPS) is 23.3. The zero-order valence-electron chi connectivity index (χ0n) is 20.5. The maximum Gasteiger partial charge on any atom is 0.254 e. The number of pyridine rings is 1. The van der Waals surface area contributed by atoms with Crippen molar-refractivity contribution in [3.8, 4) is 11.1 Å². The van der Waals surface area contributed by atoms with Gasteiger partial charge in [0.1, 0.15) is 12.2 Å². The molecular formula is C28H24ClN3O6S. The van der Waals surface area contributed by atoms with Crippen molar-refractivity contribution in [1.82, 2.24) is 9.21 Å². The van der Waals surface area contributed by atoms with Gasteiger partial charge in [0.05, 0.1) is 17.0 Å². The van der Waals surface area contributed by atoms with Gasteiger partial charge in [0.25, 0.3) is 5.91 Å². The maximum atomic E-state index is 13.6. The smallest absolute Gasteiger partial charge is 0.254 e.